The van der Waals surface area contributed by atoms with Gasteiger partial charge in [0.05, 0.1) is 11.7 Å². The molecule has 5 rings (SSSR count). The number of carboxylic acid groups (broad SMARTS) is 1. The second-order valence-corrected chi connectivity index (χ2v) is 14.5. The fourth-order valence-corrected chi connectivity index (χ4v) is 10.4. The van der Waals surface area contributed by atoms with Crippen LogP contribution >= 0.6 is 11.8 Å². The first-order chi connectivity index (χ1) is 16.9. The van der Waals surface area contributed by atoms with E-state index in [1.54, 1.807) is 0 Å². The fourth-order valence-electron chi connectivity index (χ4n) is 10.1. The summed E-state index contributed by atoms with van der Waals surface area (Å²) in [6.07, 6.45) is 12.3. The number of hydrogen-bond donors (Lipinski definition) is 1. The lowest BCUT2D eigenvalue weighted by molar-refractivity contribution is -0.180. The average molecular weight is 517 g/mol. The number of fused-ring (bicyclic) bond motifs is 7. The maximum Gasteiger partial charge on any atom is 0.316 e. The number of carbonyl (C=O) groups excluding carboxylic acids is 2. The van der Waals surface area contributed by atoms with Crippen molar-refractivity contribution in [2.75, 3.05) is 12.0 Å². The summed E-state index contributed by atoms with van der Waals surface area (Å²) in [6, 6.07) is 0. The topological polar surface area (TPSA) is 80.7 Å². The van der Waals surface area contributed by atoms with Crippen LogP contribution in [0.4, 0.5) is 0 Å². The molecule has 1 N–H and O–H groups in total. The van der Waals surface area contributed by atoms with E-state index < -0.39 is 5.97 Å². The van der Waals surface area contributed by atoms with Crippen molar-refractivity contribution in [3.05, 3.63) is 11.6 Å². The van der Waals surface area contributed by atoms with Gasteiger partial charge in [0.25, 0.3) is 0 Å². The van der Waals surface area contributed by atoms with E-state index >= 15 is 0 Å². The molecule has 0 heterocycles. The number of ketones is 1. The van der Waals surface area contributed by atoms with Crippen LogP contribution in [0.5, 0.6) is 0 Å². The van der Waals surface area contributed by atoms with Gasteiger partial charge in [-0.2, -0.15) is 11.8 Å². The molecule has 10 unspecified atom stereocenters. The number of aliphatic carboxylic acids is 1. The van der Waals surface area contributed by atoms with Crippen molar-refractivity contribution < 1.29 is 24.2 Å². The highest BCUT2D eigenvalue weighted by atomic mass is 32.2. The van der Waals surface area contributed by atoms with Gasteiger partial charge >= 0.3 is 11.9 Å². The Hall–Kier alpha value is -1.30. The zero-order valence-electron chi connectivity index (χ0n) is 22.7. The van der Waals surface area contributed by atoms with E-state index in [0.717, 1.165) is 51.4 Å². The summed E-state index contributed by atoms with van der Waals surface area (Å²) in [5.74, 6) is 0.778. The zero-order valence-corrected chi connectivity index (χ0v) is 23.5. The smallest absolute Gasteiger partial charge is 0.316 e. The lowest BCUT2D eigenvalue weighted by Crippen LogP contribution is -2.62. The first-order valence-electron chi connectivity index (χ1n) is 14.1. The van der Waals surface area contributed by atoms with Crippen LogP contribution < -0.4 is 0 Å². The van der Waals surface area contributed by atoms with E-state index in [-0.39, 0.29) is 57.8 Å². The summed E-state index contributed by atoms with van der Waals surface area (Å²) in [7, 11) is 0. The summed E-state index contributed by atoms with van der Waals surface area (Å²) in [5.41, 5.74) is 1.23. The molecular weight excluding hydrogens is 472 g/mol. The second-order valence-electron chi connectivity index (χ2n) is 13.6. The second kappa shape index (κ2) is 9.17. The van der Waals surface area contributed by atoms with E-state index in [9.17, 15) is 19.5 Å². The molecular formula is C30H44O5S. The molecule has 5 aliphatic rings. The number of carboxylic acids is 1. The number of carbonyl (C=O) groups is 3. The Balaban J connectivity index is 1.45. The standard InChI is InChI=1S/C30H44O5S/c1-17-20-8-12-30(4)21-7-11-28(2)10-6-18(27(33)34)14-22(28)19(21)15-23(31)26(30)29(20,3)13-9-24(17)35-25(32)16-36-5/h15,17-18,20-22,24,26H,6-14,16H2,1-5H3,(H,33,34). The molecule has 0 radical (unpaired) electrons. The summed E-state index contributed by atoms with van der Waals surface area (Å²) in [4.78, 5) is 38.3. The largest absolute Gasteiger partial charge is 0.481 e. The molecule has 0 aliphatic heterocycles. The molecule has 0 aromatic rings. The molecule has 0 saturated heterocycles. The van der Waals surface area contributed by atoms with E-state index in [1.165, 1.54) is 17.3 Å². The zero-order chi connectivity index (χ0) is 26.0. The highest BCUT2D eigenvalue weighted by molar-refractivity contribution is 7.99. The van der Waals surface area contributed by atoms with E-state index in [1.807, 2.05) is 12.3 Å². The lowest BCUT2D eigenvalue weighted by Gasteiger charge is -2.65. The third-order valence-corrected chi connectivity index (χ3v) is 12.4. The maximum atomic E-state index is 14.1. The monoisotopic (exact) mass is 516 g/mol. The predicted octanol–water partition coefficient (Wildman–Crippen LogP) is 6.16. The van der Waals surface area contributed by atoms with Gasteiger partial charge in [0.1, 0.15) is 6.10 Å². The van der Waals surface area contributed by atoms with E-state index in [0.29, 0.717) is 24.0 Å². The summed E-state index contributed by atoms with van der Waals surface area (Å²) >= 11 is 1.50. The fraction of sp³-hybridized carbons (Fsp3) is 0.833. The molecule has 5 aliphatic carbocycles. The van der Waals surface area contributed by atoms with Crippen LogP contribution in [0.1, 0.15) is 85.5 Å². The number of esters is 1. The molecule has 5 nitrogen and oxygen atoms in total. The average Bonchev–Trinajstić information content (AvgIpc) is 2.80. The van der Waals surface area contributed by atoms with Crippen molar-refractivity contribution in [2.45, 2.75) is 91.6 Å². The van der Waals surface area contributed by atoms with Crippen LogP contribution in [-0.2, 0) is 19.1 Å². The van der Waals surface area contributed by atoms with Crippen molar-refractivity contribution in [2.24, 2.45) is 51.8 Å². The molecule has 0 amide bonds. The van der Waals surface area contributed by atoms with Crippen LogP contribution in [-0.4, -0.2) is 40.9 Å². The molecule has 0 aromatic heterocycles. The van der Waals surface area contributed by atoms with Crippen LogP contribution in [0, 0.1) is 51.8 Å². The van der Waals surface area contributed by atoms with Crippen LogP contribution in [0.3, 0.4) is 0 Å². The van der Waals surface area contributed by atoms with Crippen molar-refractivity contribution in [3.63, 3.8) is 0 Å². The van der Waals surface area contributed by atoms with Gasteiger partial charge in [-0.25, -0.2) is 0 Å². The summed E-state index contributed by atoms with van der Waals surface area (Å²) < 4.78 is 5.91. The van der Waals surface area contributed by atoms with Gasteiger partial charge in [-0.05, 0) is 110 Å². The third kappa shape index (κ3) is 3.91. The van der Waals surface area contributed by atoms with E-state index in [2.05, 4.69) is 27.7 Å². The Morgan fingerprint density at radius 2 is 1.72 bits per heavy atom. The molecule has 36 heavy (non-hydrogen) atoms. The lowest BCUT2D eigenvalue weighted by atomic mass is 9.38. The van der Waals surface area contributed by atoms with Gasteiger partial charge in [0.15, 0.2) is 5.78 Å². The normalized spacial score (nSPS) is 48.0. The first kappa shape index (κ1) is 26.3. The van der Waals surface area contributed by atoms with Crippen molar-refractivity contribution >= 4 is 29.5 Å². The Labute approximate surface area is 220 Å². The molecule has 10 atom stereocenters. The highest BCUT2D eigenvalue weighted by Crippen LogP contribution is 2.69. The number of rotatable bonds is 4. The van der Waals surface area contributed by atoms with Crippen LogP contribution in [0.25, 0.3) is 0 Å². The highest BCUT2D eigenvalue weighted by Gasteiger charge is 2.65. The first-order valence-corrected chi connectivity index (χ1v) is 15.5. The molecule has 0 bridgehead atoms. The minimum absolute atomic E-state index is 0.00832. The van der Waals surface area contributed by atoms with Crippen molar-refractivity contribution in [1.82, 2.24) is 0 Å². The number of thioether (sulfide) groups is 1. The molecule has 0 aromatic carbocycles. The Morgan fingerprint density at radius 1 is 1.03 bits per heavy atom. The maximum absolute atomic E-state index is 14.1. The third-order valence-electron chi connectivity index (χ3n) is 11.9. The molecule has 200 valence electrons. The molecule has 6 heteroatoms. The van der Waals surface area contributed by atoms with Gasteiger partial charge in [-0.1, -0.05) is 33.3 Å². The Kier molecular flexibility index (Phi) is 6.70. The van der Waals surface area contributed by atoms with Gasteiger partial charge in [0.2, 0.25) is 0 Å². The molecule has 4 saturated carbocycles. The van der Waals surface area contributed by atoms with Crippen molar-refractivity contribution in [1.29, 1.82) is 0 Å². The van der Waals surface area contributed by atoms with Gasteiger partial charge in [0, 0.05) is 5.92 Å². The Morgan fingerprint density at radius 3 is 2.42 bits per heavy atom. The van der Waals surface area contributed by atoms with Crippen LogP contribution in [0.2, 0.25) is 0 Å². The van der Waals surface area contributed by atoms with E-state index in [4.69, 9.17) is 4.74 Å². The summed E-state index contributed by atoms with van der Waals surface area (Å²) in [6.45, 7) is 9.30. The SMILES string of the molecule is CSCC(=O)OC1CCC2(C)C(CCC3(C)C4CCC5(C)CCC(C(=O)O)CC5C4=CC(=O)C32)C1C. The van der Waals surface area contributed by atoms with Gasteiger partial charge < -0.3 is 9.84 Å². The number of allylic oxidation sites excluding steroid dienone is 2. The predicted molar refractivity (Wildman–Crippen MR) is 141 cm³/mol. The van der Waals surface area contributed by atoms with Gasteiger partial charge in [-0.3, -0.25) is 14.4 Å². The van der Waals surface area contributed by atoms with Crippen LogP contribution in [0.15, 0.2) is 11.6 Å². The summed E-state index contributed by atoms with van der Waals surface area (Å²) in [5, 5.41) is 9.77. The quantitative estimate of drug-likeness (QED) is 0.451. The minimum atomic E-state index is -0.678. The van der Waals surface area contributed by atoms with Crippen molar-refractivity contribution in [3.8, 4) is 0 Å². The molecule has 0 spiro atoms. The minimum Gasteiger partial charge on any atom is -0.481 e. The number of hydrogen-bond acceptors (Lipinski definition) is 5. The molecule has 4 fully saturated rings. The van der Waals surface area contributed by atoms with Gasteiger partial charge in [-0.15, -0.1) is 0 Å². The Bertz CT molecular complexity index is 974. The number of ether oxygens (including phenoxy) is 1.